The van der Waals surface area contributed by atoms with E-state index in [1.54, 1.807) is 24.3 Å². The maximum absolute atomic E-state index is 13.9. The highest BCUT2D eigenvalue weighted by Crippen LogP contribution is 2.30. The second-order valence-electron chi connectivity index (χ2n) is 4.96. The first-order valence-electron chi connectivity index (χ1n) is 6.80. The lowest BCUT2D eigenvalue weighted by Gasteiger charge is -2.19. The predicted molar refractivity (Wildman–Crippen MR) is 81.2 cm³/mol. The average molecular weight is 283 g/mol. The van der Waals surface area contributed by atoms with Gasteiger partial charge < -0.3 is 5.32 Å². The maximum Gasteiger partial charge on any atom is 0.131 e. The van der Waals surface area contributed by atoms with Crippen molar-refractivity contribution in [1.82, 2.24) is 5.32 Å². The molecule has 0 spiro atoms. The number of nitrogens with one attached hydrogen (secondary N) is 1. The molecule has 3 heteroatoms. The zero-order valence-electron chi connectivity index (χ0n) is 11.6. The van der Waals surface area contributed by atoms with Gasteiger partial charge in [-0.2, -0.15) is 0 Å². The second kappa shape index (κ2) is 5.62. The van der Waals surface area contributed by atoms with Crippen LogP contribution in [-0.2, 0) is 0 Å². The minimum absolute atomic E-state index is 0.115. The van der Waals surface area contributed by atoms with Crippen molar-refractivity contribution < 1.29 is 8.78 Å². The van der Waals surface area contributed by atoms with E-state index >= 15 is 0 Å². The van der Waals surface area contributed by atoms with Crippen LogP contribution in [0.5, 0.6) is 0 Å². The molecule has 0 aliphatic carbocycles. The Morgan fingerprint density at radius 1 is 0.810 bits per heavy atom. The lowest BCUT2D eigenvalue weighted by Crippen LogP contribution is -2.18. The van der Waals surface area contributed by atoms with Gasteiger partial charge in [0.1, 0.15) is 11.6 Å². The molecule has 0 fully saturated rings. The second-order valence-corrected chi connectivity index (χ2v) is 4.96. The van der Waals surface area contributed by atoms with Crippen molar-refractivity contribution in [3.05, 3.63) is 83.4 Å². The van der Waals surface area contributed by atoms with E-state index in [1.807, 2.05) is 25.2 Å². The minimum Gasteiger partial charge on any atom is -0.309 e. The summed E-state index contributed by atoms with van der Waals surface area (Å²) in [7, 11) is 1.84. The van der Waals surface area contributed by atoms with Gasteiger partial charge in [0.2, 0.25) is 0 Å². The van der Waals surface area contributed by atoms with E-state index in [9.17, 15) is 8.78 Å². The summed E-state index contributed by atoms with van der Waals surface area (Å²) in [5, 5.41) is 4.68. The molecule has 3 rings (SSSR count). The number of rotatable bonds is 3. The van der Waals surface area contributed by atoms with E-state index in [0.717, 1.165) is 16.5 Å². The molecule has 0 amide bonds. The largest absolute Gasteiger partial charge is 0.309 e. The highest BCUT2D eigenvalue weighted by molar-refractivity contribution is 5.87. The highest BCUT2D eigenvalue weighted by atomic mass is 19.1. The first kappa shape index (κ1) is 13.7. The quantitative estimate of drug-likeness (QED) is 0.750. The first-order valence-corrected chi connectivity index (χ1v) is 6.80. The Balaban J connectivity index is 2.17. The van der Waals surface area contributed by atoms with Gasteiger partial charge in [-0.05, 0) is 41.8 Å². The third-order valence-electron chi connectivity index (χ3n) is 3.71. The lowest BCUT2D eigenvalue weighted by atomic mass is 9.93. The Labute approximate surface area is 122 Å². The zero-order chi connectivity index (χ0) is 14.8. The van der Waals surface area contributed by atoms with Gasteiger partial charge in [-0.15, -0.1) is 0 Å². The molecule has 0 bridgehead atoms. The summed E-state index contributed by atoms with van der Waals surface area (Å²) in [4.78, 5) is 0. The molecule has 0 aliphatic heterocycles. The van der Waals surface area contributed by atoms with Gasteiger partial charge in [-0.1, -0.05) is 42.5 Å². The van der Waals surface area contributed by atoms with Crippen molar-refractivity contribution in [3.8, 4) is 0 Å². The zero-order valence-corrected chi connectivity index (χ0v) is 11.6. The van der Waals surface area contributed by atoms with Crippen LogP contribution in [-0.4, -0.2) is 7.05 Å². The van der Waals surface area contributed by atoms with Gasteiger partial charge in [-0.3, -0.25) is 0 Å². The molecule has 0 aliphatic rings. The summed E-state index contributed by atoms with van der Waals surface area (Å²) >= 11 is 0. The van der Waals surface area contributed by atoms with Crippen LogP contribution >= 0.6 is 0 Å². The van der Waals surface area contributed by atoms with Crippen molar-refractivity contribution in [2.24, 2.45) is 0 Å². The molecule has 0 saturated heterocycles. The summed E-state index contributed by atoms with van der Waals surface area (Å²) in [6, 6.07) is 16.9. The van der Waals surface area contributed by atoms with Crippen LogP contribution < -0.4 is 5.32 Å². The van der Waals surface area contributed by atoms with Crippen LogP contribution in [0.4, 0.5) is 8.78 Å². The van der Waals surface area contributed by atoms with Crippen molar-refractivity contribution in [1.29, 1.82) is 0 Å². The molecule has 1 atom stereocenters. The molecule has 21 heavy (non-hydrogen) atoms. The minimum atomic E-state index is -0.266. The van der Waals surface area contributed by atoms with Gasteiger partial charge in [0.15, 0.2) is 0 Å². The van der Waals surface area contributed by atoms with E-state index in [-0.39, 0.29) is 17.7 Å². The highest BCUT2D eigenvalue weighted by Gasteiger charge is 2.16. The summed E-state index contributed by atoms with van der Waals surface area (Å²) < 4.78 is 27.0. The Hall–Kier alpha value is -2.26. The van der Waals surface area contributed by atoms with Crippen LogP contribution in [0.2, 0.25) is 0 Å². The average Bonchev–Trinajstić information content (AvgIpc) is 2.52. The molecular weight excluding hydrogens is 268 g/mol. The maximum atomic E-state index is 13.9. The summed E-state index contributed by atoms with van der Waals surface area (Å²) in [6.07, 6.45) is 0. The van der Waals surface area contributed by atoms with Crippen LogP contribution in [0.25, 0.3) is 10.8 Å². The van der Waals surface area contributed by atoms with Gasteiger partial charge >= 0.3 is 0 Å². The van der Waals surface area contributed by atoms with Crippen molar-refractivity contribution in [2.75, 3.05) is 7.05 Å². The first-order chi connectivity index (χ1) is 10.2. The van der Waals surface area contributed by atoms with Gasteiger partial charge in [0.25, 0.3) is 0 Å². The molecule has 0 saturated carbocycles. The van der Waals surface area contributed by atoms with Gasteiger partial charge in [0.05, 0.1) is 6.04 Å². The molecular formula is C18H15F2N. The molecule has 0 heterocycles. The lowest BCUT2D eigenvalue weighted by molar-refractivity contribution is 0.623. The molecule has 1 nitrogen and oxygen atoms in total. The smallest absolute Gasteiger partial charge is 0.131 e. The summed E-state index contributed by atoms with van der Waals surface area (Å²) in [5.41, 5.74) is 1.91. The fourth-order valence-corrected chi connectivity index (χ4v) is 2.69. The third kappa shape index (κ3) is 2.52. The Kier molecular flexibility index (Phi) is 3.67. The van der Waals surface area contributed by atoms with Crippen molar-refractivity contribution >= 4 is 10.8 Å². The SMILES string of the molecule is CNC(c1ccc(F)cc1)c1ccc(F)c2ccccc12. The van der Waals surface area contributed by atoms with Crippen molar-refractivity contribution in [3.63, 3.8) is 0 Å². The van der Waals surface area contributed by atoms with Crippen LogP contribution in [0.15, 0.2) is 60.7 Å². The van der Waals surface area contributed by atoms with Crippen LogP contribution in [0.3, 0.4) is 0 Å². The number of hydrogen-bond acceptors (Lipinski definition) is 1. The number of benzene rings is 3. The molecule has 0 radical (unpaired) electrons. The summed E-state index contributed by atoms with van der Waals surface area (Å²) in [5.74, 6) is -0.499. The fraction of sp³-hybridized carbons (Fsp3) is 0.111. The monoisotopic (exact) mass is 283 g/mol. The molecule has 3 aromatic carbocycles. The van der Waals surface area contributed by atoms with E-state index < -0.39 is 0 Å². The summed E-state index contributed by atoms with van der Waals surface area (Å²) in [6.45, 7) is 0. The number of hydrogen-bond donors (Lipinski definition) is 1. The number of fused-ring (bicyclic) bond motifs is 1. The topological polar surface area (TPSA) is 12.0 Å². The standard InChI is InChI=1S/C18H15F2N/c1-21-18(12-6-8-13(19)9-7-12)16-10-11-17(20)15-5-3-2-4-14(15)16/h2-11,18,21H,1H3. The van der Waals surface area contributed by atoms with Crippen molar-refractivity contribution in [2.45, 2.75) is 6.04 Å². The van der Waals surface area contributed by atoms with Crippen LogP contribution in [0, 0.1) is 11.6 Å². The Bertz CT molecular complexity index is 766. The molecule has 106 valence electrons. The Morgan fingerprint density at radius 2 is 1.48 bits per heavy atom. The van der Waals surface area contributed by atoms with Gasteiger partial charge in [-0.25, -0.2) is 8.78 Å². The van der Waals surface area contributed by atoms with E-state index in [0.29, 0.717) is 5.39 Å². The van der Waals surface area contributed by atoms with E-state index in [2.05, 4.69) is 5.32 Å². The predicted octanol–water partition coefficient (Wildman–Crippen LogP) is 4.43. The normalized spacial score (nSPS) is 12.5. The molecule has 3 aromatic rings. The number of halogens is 2. The Morgan fingerprint density at radius 3 is 2.14 bits per heavy atom. The van der Waals surface area contributed by atoms with Crippen LogP contribution in [0.1, 0.15) is 17.2 Å². The molecule has 1 unspecified atom stereocenters. The van der Waals surface area contributed by atoms with Gasteiger partial charge in [0, 0.05) is 5.39 Å². The fourth-order valence-electron chi connectivity index (χ4n) is 2.69. The van der Waals surface area contributed by atoms with E-state index in [1.165, 1.54) is 18.2 Å². The van der Waals surface area contributed by atoms with E-state index in [4.69, 9.17) is 0 Å². The molecule has 0 aromatic heterocycles. The molecule has 1 N–H and O–H groups in total. The third-order valence-corrected chi connectivity index (χ3v) is 3.71.